The van der Waals surface area contributed by atoms with Crippen LogP contribution in [0.4, 0.5) is 0 Å². The number of fused-ring (bicyclic) bond motifs is 1. The fraction of sp³-hybridized carbons (Fsp3) is 0.308. The van der Waals surface area contributed by atoms with Crippen LogP contribution in [-0.4, -0.2) is 31.4 Å². The third kappa shape index (κ3) is 2.53. The molecule has 0 bridgehead atoms. The predicted molar refractivity (Wildman–Crippen MR) is 78.3 cm³/mol. The minimum atomic E-state index is -0.857. The van der Waals surface area contributed by atoms with Gasteiger partial charge in [0.15, 0.2) is 10.8 Å². The number of hydrogen-bond acceptors (Lipinski definition) is 4. The maximum atomic E-state index is 10.8. The van der Waals surface area contributed by atoms with Crippen LogP contribution in [0.15, 0.2) is 29.6 Å². The quantitative estimate of drug-likeness (QED) is 0.694. The number of nitrogens with zero attached hydrogens (tertiary/aromatic N) is 3. The van der Waals surface area contributed by atoms with Crippen LogP contribution in [0.5, 0.6) is 0 Å². The Morgan fingerprint density at radius 2 is 2.25 bits per heavy atom. The molecule has 0 saturated heterocycles. The van der Waals surface area contributed by atoms with Crippen LogP contribution in [0.1, 0.15) is 18.9 Å². The highest BCUT2D eigenvalue weighted by Crippen LogP contribution is 2.33. The summed E-state index contributed by atoms with van der Waals surface area (Å²) in [5.41, 5.74) is 1.47. The van der Waals surface area contributed by atoms with Gasteiger partial charge in [0.25, 0.3) is 0 Å². The summed E-state index contributed by atoms with van der Waals surface area (Å²) in [6.07, 6.45) is 7.67. The Balaban J connectivity index is 2.06. The molecule has 104 valence electrons. The second-order valence-electron chi connectivity index (χ2n) is 4.54. The van der Waals surface area contributed by atoms with Gasteiger partial charge in [-0.05, 0) is 18.9 Å². The first-order valence-electron chi connectivity index (χ1n) is 6.18. The van der Waals surface area contributed by atoms with E-state index in [0.717, 1.165) is 18.5 Å². The number of pyridine rings is 1. The first-order chi connectivity index (χ1) is 9.65. The minimum absolute atomic E-state index is 0.0167. The lowest BCUT2D eigenvalue weighted by Gasteiger charge is -2.14. The number of carbonyl (C=O) groups is 1. The summed E-state index contributed by atoms with van der Waals surface area (Å²) in [4.78, 5) is 19.6. The number of halogens is 1. The van der Waals surface area contributed by atoms with Crippen molar-refractivity contribution in [3.05, 3.63) is 29.4 Å². The van der Waals surface area contributed by atoms with E-state index in [0.29, 0.717) is 15.7 Å². The fourth-order valence-corrected chi connectivity index (χ4v) is 3.25. The molecule has 0 spiro atoms. The van der Waals surface area contributed by atoms with Crippen molar-refractivity contribution in [3.63, 3.8) is 0 Å². The predicted octanol–water partition coefficient (Wildman–Crippen LogP) is 3.15. The molecule has 0 fully saturated rings. The number of allylic oxidation sites excluding steroid dienone is 2. The van der Waals surface area contributed by atoms with Gasteiger partial charge in [-0.25, -0.2) is 9.97 Å². The molecule has 1 aliphatic rings. The van der Waals surface area contributed by atoms with Crippen molar-refractivity contribution in [1.29, 1.82) is 0 Å². The van der Waals surface area contributed by atoms with Crippen LogP contribution in [0.25, 0.3) is 11.2 Å². The van der Waals surface area contributed by atoms with Gasteiger partial charge < -0.3 is 5.11 Å². The molecule has 2 aromatic rings. The maximum absolute atomic E-state index is 10.8. The maximum Gasteiger partial charge on any atom is 0.313 e. The smallest absolute Gasteiger partial charge is 0.313 e. The van der Waals surface area contributed by atoms with Crippen molar-refractivity contribution in [2.45, 2.75) is 24.0 Å². The third-order valence-electron chi connectivity index (χ3n) is 3.14. The molecule has 0 amide bonds. The Morgan fingerprint density at radius 3 is 2.95 bits per heavy atom. The highest BCUT2D eigenvalue weighted by Gasteiger charge is 2.21. The molecular formula is C13H12ClN3O2S. The zero-order chi connectivity index (χ0) is 14.1. The highest BCUT2D eigenvalue weighted by molar-refractivity contribution is 7.99. The summed E-state index contributed by atoms with van der Waals surface area (Å²) in [5, 5.41) is 10.1. The summed E-state index contributed by atoms with van der Waals surface area (Å²) >= 11 is 7.16. The summed E-state index contributed by atoms with van der Waals surface area (Å²) < 4.78 is 2.03. The molecule has 0 aliphatic heterocycles. The van der Waals surface area contributed by atoms with Gasteiger partial charge in [-0.15, -0.1) is 0 Å². The Morgan fingerprint density at radius 1 is 1.50 bits per heavy atom. The van der Waals surface area contributed by atoms with E-state index in [-0.39, 0.29) is 11.8 Å². The van der Waals surface area contributed by atoms with Gasteiger partial charge >= 0.3 is 5.97 Å². The minimum Gasteiger partial charge on any atom is -0.481 e. The lowest BCUT2D eigenvalue weighted by Crippen LogP contribution is -2.08. The van der Waals surface area contributed by atoms with Crippen molar-refractivity contribution in [3.8, 4) is 0 Å². The number of carboxylic acids is 1. The number of imidazole rings is 1. The SMILES string of the molecule is O=C(O)CSc1nc2cc(Cl)cnc2n1C1CC=CC1. The Kier molecular flexibility index (Phi) is 3.67. The van der Waals surface area contributed by atoms with E-state index in [9.17, 15) is 4.79 Å². The average Bonchev–Trinajstić information content (AvgIpc) is 3.01. The standard InChI is InChI=1S/C13H12ClN3O2S/c14-8-5-10-12(15-6-8)17(9-3-1-2-4-9)13(16-10)20-7-11(18)19/h1-2,5-6,9H,3-4,7H2,(H,18,19). The molecule has 1 aliphatic carbocycles. The zero-order valence-corrected chi connectivity index (χ0v) is 12.1. The van der Waals surface area contributed by atoms with Gasteiger partial charge in [-0.1, -0.05) is 35.5 Å². The number of hydrogen-bond donors (Lipinski definition) is 1. The first-order valence-corrected chi connectivity index (χ1v) is 7.54. The molecule has 7 heteroatoms. The van der Waals surface area contributed by atoms with Crippen LogP contribution in [0, 0.1) is 0 Å². The van der Waals surface area contributed by atoms with Gasteiger partial charge in [0, 0.05) is 12.2 Å². The summed E-state index contributed by atoms with van der Waals surface area (Å²) in [7, 11) is 0. The Labute approximate surface area is 124 Å². The van der Waals surface area contributed by atoms with Crippen molar-refractivity contribution < 1.29 is 9.90 Å². The van der Waals surface area contributed by atoms with E-state index in [4.69, 9.17) is 16.7 Å². The zero-order valence-electron chi connectivity index (χ0n) is 10.5. The number of carboxylic acid groups (broad SMARTS) is 1. The average molecular weight is 310 g/mol. The summed E-state index contributed by atoms with van der Waals surface area (Å²) in [6, 6.07) is 2.01. The summed E-state index contributed by atoms with van der Waals surface area (Å²) in [6.45, 7) is 0. The van der Waals surface area contributed by atoms with E-state index in [2.05, 4.69) is 22.1 Å². The van der Waals surface area contributed by atoms with Crippen molar-refractivity contribution in [1.82, 2.24) is 14.5 Å². The van der Waals surface area contributed by atoms with Crippen molar-refractivity contribution in [2.24, 2.45) is 0 Å². The normalized spacial score (nSPS) is 15.2. The van der Waals surface area contributed by atoms with Gasteiger partial charge in [0.2, 0.25) is 0 Å². The van der Waals surface area contributed by atoms with Crippen LogP contribution in [0.3, 0.4) is 0 Å². The molecule has 3 rings (SSSR count). The summed E-state index contributed by atoms with van der Waals surface area (Å²) in [5.74, 6) is -0.874. The second kappa shape index (κ2) is 5.46. The molecule has 5 nitrogen and oxygen atoms in total. The number of thioether (sulfide) groups is 1. The van der Waals surface area contributed by atoms with E-state index >= 15 is 0 Å². The molecule has 2 aromatic heterocycles. The number of rotatable bonds is 4. The van der Waals surface area contributed by atoms with Crippen LogP contribution in [-0.2, 0) is 4.79 Å². The van der Waals surface area contributed by atoms with E-state index < -0.39 is 5.97 Å². The molecule has 2 heterocycles. The van der Waals surface area contributed by atoms with Gasteiger partial charge in [-0.3, -0.25) is 9.36 Å². The Bertz CT molecular complexity index is 690. The van der Waals surface area contributed by atoms with Crippen molar-refractivity contribution >= 4 is 40.5 Å². The molecule has 0 saturated carbocycles. The van der Waals surface area contributed by atoms with Crippen LogP contribution in [0.2, 0.25) is 5.02 Å². The highest BCUT2D eigenvalue weighted by atomic mass is 35.5. The largest absolute Gasteiger partial charge is 0.481 e. The van der Waals surface area contributed by atoms with Gasteiger partial charge in [-0.2, -0.15) is 0 Å². The number of aromatic nitrogens is 3. The molecule has 20 heavy (non-hydrogen) atoms. The Hall–Kier alpha value is -1.53. The van der Waals surface area contributed by atoms with Gasteiger partial charge in [0.05, 0.1) is 10.8 Å². The monoisotopic (exact) mass is 309 g/mol. The van der Waals surface area contributed by atoms with Crippen LogP contribution >= 0.6 is 23.4 Å². The fourth-order valence-electron chi connectivity index (χ4n) is 2.31. The lowest BCUT2D eigenvalue weighted by atomic mass is 10.2. The van der Waals surface area contributed by atoms with E-state index in [1.54, 1.807) is 12.3 Å². The number of aliphatic carboxylic acids is 1. The third-order valence-corrected chi connectivity index (χ3v) is 4.28. The second-order valence-corrected chi connectivity index (χ2v) is 5.92. The topological polar surface area (TPSA) is 68.0 Å². The van der Waals surface area contributed by atoms with Crippen molar-refractivity contribution in [2.75, 3.05) is 5.75 Å². The molecule has 0 unspecified atom stereocenters. The van der Waals surface area contributed by atoms with E-state index in [1.165, 1.54) is 11.8 Å². The van der Waals surface area contributed by atoms with E-state index in [1.807, 2.05) is 4.57 Å². The lowest BCUT2D eigenvalue weighted by molar-refractivity contribution is -0.133. The molecule has 1 N–H and O–H groups in total. The first kappa shape index (κ1) is 13.5. The molecule has 0 atom stereocenters. The van der Waals surface area contributed by atoms with Gasteiger partial charge in [0.1, 0.15) is 5.52 Å². The molecule has 0 aromatic carbocycles. The molecular weight excluding hydrogens is 298 g/mol. The van der Waals surface area contributed by atoms with Crippen LogP contribution < -0.4 is 0 Å². The molecule has 0 radical (unpaired) electrons.